The van der Waals surface area contributed by atoms with Gasteiger partial charge < -0.3 is 15.2 Å². The molecule has 84 valence electrons. The Balaban J connectivity index is 1.87. The van der Waals surface area contributed by atoms with Gasteiger partial charge in [-0.25, -0.2) is 4.98 Å². The highest BCUT2D eigenvalue weighted by Crippen LogP contribution is 2.17. The molecular weight excluding hydrogens is 206 g/mol. The molecule has 6 nitrogen and oxygen atoms in total. The van der Waals surface area contributed by atoms with Gasteiger partial charge in [0.25, 0.3) is 5.71 Å². The fraction of sp³-hybridized carbons (Fsp3) is 0.500. The van der Waals surface area contributed by atoms with Crippen LogP contribution in [0.25, 0.3) is 11.1 Å². The summed E-state index contributed by atoms with van der Waals surface area (Å²) >= 11 is 0. The standard InChI is InChI=1S/C10H13N5O/c11-8-1-3-15(4-2-8)10-12-5-7-6-13-16-9(7)14-10/h5-6,8H,1-4,11H2. The molecule has 0 radical (unpaired) electrons. The molecular formula is C10H13N5O. The Bertz CT molecular complexity index is 489. The van der Waals surface area contributed by atoms with E-state index in [0.29, 0.717) is 17.7 Å². The smallest absolute Gasteiger partial charge is 0.262 e. The predicted octanol–water partition coefficient (Wildman–Crippen LogP) is 0.545. The molecule has 1 aliphatic rings. The lowest BCUT2D eigenvalue weighted by atomic mass is 10.1. The molecule has 2 aromatic rings. The molecule has 16 heavy (non-hydrogen) atoms. The largest absolute Gasteiger partial charge is 0.341 e. The summed E-state index contributed by atoms with van der Waals surface area (Å²) < 4.78 is 5.02. The Kier molecular flexibility index (Phi) is 2.21. The SMILES string of the molecule is NC1CCN(c2ncc3cnoc3n2)CC1. The first kappa shape index (κ1) is 9.53. The Morgan fingerprint density at radius 3 is 2.94 bits per heavy atom. The van der Waals surface area contributed by atoms with Crippen LogP contribution in [0.4, 0.5) is 5.95 Å². The molecule has 3 rings (SSSR count). The van der Waals surface area contributed by atoms with Crippen molar-refractivity contribution in [2.45, 2.75) is 18.9 Å². The van der Waals surface area contributed by atoms with Gasteiger partial charge in [-0.3, -0.25) is 0 Å². The fourth-order valence-corrected chi connectivity index (χ4v) is 1.91. The highest BCUT2D eigenvalue weighted by atomic mass is 16.5. The molecule has 0 aromatic carbocycles. The first-order valence-electron chi connectivity index (χ1n) is 5.41. The molecule has 0 bridgehead atoms. The monoisotopic (exact) mass is 219 g/mol. The van der Waals surface area contributed by atoms with Gasteiger partial charge in [0.15, 0.2) is 0 Å². The van der Waals surface area contributed by atoms with Gasteiger partial charge in [-0.15, -0.1) is 0 Å². The van der Waals surface area contributed by atoms with Gasteiger partial charge in [-0.2, -0.15) is 4.98 Å². The first-order valence-corrected chi connectivity index (χ1v) is 5.41. The van der Waals surface area contributed by atoms with E-state index in [1.165, 1.54) is 0 Å². The molecule has 1 aliphatic heterocycles. The van der Waals surface area contributed by atoms with E-state index in [9.17, 15) is 0 Å². The predicted molar refractivity (Wildman–Crippen MR) is 59.0 cm³/mol. The lowest BCUT2D eigenvalue weighted by Crippen LogP contribution is -2.40. The molecule has 2 aromatic heterocycles. The Labute approximate surface area is 92.4 Å². The van der Waals surface area contributed by atoms with Crippen molar-refractivity contribution in [3.8, 4) is 0 Å². The van der Waals surface area contributed by atoms with E-state index in [-0.39, 0.29) is 0 Å². The van der Waals surface area contributed by atoms with Crippen LogP contribution in [-0.4, -0.2) is 34.3 Å². The van der Waals surface area contributed by atoms with Gasteiger partial charge in [-0.05, 0) is 12.8 Å². The third-order valence-corrected chi connectivity index (χ3v) is 2.92. The maximum atomic E-state index is 5.85. The second-order valence-corrected chi connectivity index (χ2v) is 4.08. The number of piperidine rings is 1. The molecule has 3 heterocycles. The number of nitrogens with two attached hydrogens (primary N) is 1. The van der Waals surface area contributed by atoms with Crippen LogP contribution in [-0.2, 0) is 0 Å². The maximum Gasteiger partial charge on any atom is 0.262 e. The van der Waals surface area contributed by atoms with Gasteiger partial charge in [0.05, 0.1) is 11.6 Å². The van der Waals surface area contributed by atoms with Crippen molar-refractivity contribution in [2.24, 2.45) is 5.73 Å². The van der Waals surface area contributed by atoms with E-state index in [1.54, 1.807) is 12.4 Å². The fourth-order valence-electron chi connectivity index (χ4n) is 1.91. The van der Waals surface area contributed by atoms with Crippen LogP contribution in [0.3, 0.4) is 0 Å². The average Bonchev–Trinajstić information content (AvgIpc) is 2.77. The normalized spacial score (nSPS) is 18.2. The van der Waals surface area contributed by atoms with Gasteiger partial charge in [0.1, 0.15) is 0 Å². The quantitative estimate of drug-likeness (QED) is 0.754. The molecule has 0 amide bonds. The molecule has 0 unspecified atom stereocenters. The number of anilines is 1. The van der Waals surface area contributed by atoms with Crippen molar-refractivity contribution in [3.63, 3.8) is 0 Å². The van der Waals surface area contributed by atoms with Crippen molar-refractivity contribution in [2.75, 3.05) is 18.0 Å². The molecule has 0 atom stereocenters. The van der Waals surface area contributed by atoms with Gasteiger partial charge in [0, 0.05) is 25.3 Å². The lowest BCUT2D eigenvalue weighted by Gasteiger charge is -2.29. The first-order chi connectivity index (χ1) is 7.83. The van der Waals surface area contributed by atoms with E-state index in [1.807, 2.05) is 0 Å². The van der Waals surface area contributed by atoms with Crippen LogP contribution < -0.4 is 10.6 Å². The minimum Gasteiger partial charge on any atom is -0.341 e. The van der Waals surface area contributed by atoms with Crippen molar-refractivity contribution >= 4 is 17.0 Å². The van der Waals surface area contributed by atoms with Gasteiger partial charge in [0.2, 0.25) is 5.95 Å². The summed E-state index contributed by atoms with van der Waals surface area (Å²) in [5, 5.41) is 4.51. The minimum absolute atomic E-state index is 0.310. The lowest BCUT2D eigenvalue weighted by molar-refractivity contribution is 0.447. The minimum atomic E-state index is 0.310. The van der Waals surface area contributed by atoms with Gasteiger partial charge in [-0.1, -0.05) is 5.16 Å². The summed E-state index contributed by atoms with van der Waals surface area (Å²) in [6, 6.07) is 0.310. The van der Waals surface area contributed by atoms with Crippen LogP contribution >= 0.6 is 0 Å². The van der Waals surface area contributed by atoms with E-state index >= 15 is 0 Å². The van der Waals surface area contributed by atoms with E-state index in [4.69, 9.17) is 10.3 Å². The zero-order valence-corrected chi connectivity index (χ0v) is 8.83. The van der Waals surface area contributed by atoms with Crippen LogP contribution in [0, 0.1) is 0 Å². The topological polar surface area (TPSA) is 81.1 Å². The second kappa shape index (κ2) is 3.71. The van der Waals surface area contributed by atoms with Crippen LogP contribution in [0.15, 0.2) is 16.9 Å². The summed E-state index contributed by atoms with van der Waals surface area (Å²) in [4.78, 5) is 10.8. The molecule has 0 saturated carbocycles. The Morgan fingerprint density at radius 2 is 2.12 bits per heavy atom. The highest BCUT2D eigenvalue weighted by molar-refractivity contribution is 5.71. The Morgan fingerprint density at radius 1 is 1.31 bits per heavy atom. The molecule has 0 aliphatic carbocycles. The number of hydrogen-bond donors (Lipinski definition) is 1. The number of fused-ring (bicyclic) bond motifs is 1. The Hall–Kier alpha value is -1.69. The zero-order valence-electron chi connectivity index (χ0n) is 8.83. The van der Waals surface area contributed by atoms with E-state index < -0.39 is 0 Å². The molecule has 1 saturated heterocycles. The van der Waals surface area contributed by atoms with Crippen molar-refractivity contribution in [3.05, 3.63) is 12.4 Å². The molecule has 0 spiro atoms. The summed E-state index contributed by atoms with van der Waals surface area (Å²) in [6.45, 7) is 1.81. The summed E-state index contributed by atoms with van der Waals surface area (Å²) in [5.74, 6) is 0.705. The van der Waals surface area contributed by atoms with Gasteiger partial charge >= 0.3 is 0 Å². The zero-order chi connectivity index (χ0) is 11.0. The highest BCUT2D eigenvalue weighted by Gasteiger charge is 2.18. The number of hydrogen-bond acceptors (Lipinski definition) is 6. The van der Waals surface area contributed by atoms with E-state index in [2.05, 4.69) is 20.0 Å². The summed E-state index contributed by atoms with van der Waals surface area (Å²) in [7, 11) is 0. The maximum absolute atomic E-state index is 5.85. The average molecular weight is 219 g/mol. The molecule has 1 fully saturated rings. The van der Waals surface area contributed by atoms with Crippen LogP contribution in [0.5, 0.6) is 0 Å². The number of rotatable bonds is 1. The van der Waals surface area contributed by atoms with Crippen molar-refractivity contribution in [1.82, 2.24) is 15.1 Å². The van der Waals surface area contributed by atoms with Crippen LogP contribution in [0.2, 0.25) is 0 Å². The number of nitrogens with zero attached hydrogens (tertiary/aromatic N) is 4. The van der Waals surface area contributed by atoms with Crippen LogP contribution in [0.1, 0.15) is 12.8 Å². The van der Waals surface area contributed by atoms with Crippen molar-refractivity contribution < 1.29 is 4.52 Å². The number of aromatic nitrogens is 3. The summed E-state index contributed by atoms with van der Waals surface area (Å²) in [5.41, 5.74) is 6.39. The molecule has 2 N–H and O–H groups in total. The molecule has 6 heteroatoms. The third-order valence-electron chi connectivity index (χ3n) is 2.92. The van der Waals surface area contributed by atoms with Crippen molar-refractivity contribution in [1.29, 1.82) is 0 Å². The summed E-state index contributed by atoms with van der Waals surface area (Å²) in [6.07, 6.45) is 5.32. The second-order valence-electron chi connectivity index (χ2n) is 4.08. The third kappa shape index (κ3) is 1.61. The van der Waals surface area contributed by atoms with E-state index in [0.717, 1.165) is 31.3 Å².